The van der Waals surface area contributed by atoms with E-state index in [-0.39, 0.29) is 29.1 Å². The third kappa shape index (κ3) is 2.76. The molecule has 1 fully saturated rings. The Kier molecular flexibility index (Phi) is 3.39. The number of hydrogen-bond donors (Lipinski definition) is 1. The lowest BCUT2D eigenvalue weighted by molar-refractivity contribution is -0.383. The van der Waals surface area contributed by atoms with Crippen molar-refractivity contribution in [2.75, 3.05) is 5.32 Å². The van der Waals surface area contributed by atoms with E-state index in [4.69, 9.17) is 0 Å². The number of para-hydroxylation sites is 2. The molecule has 0 aromatic heterocycles. The van der Waals surface area contributed by atoms with Crippen LogP contribution in [-0.2, 0) is 4.79 Å². The van der Waals surface area contributed by atoms with Crippen LogP contribution in [0.25, 0.3) is 0 Å². The Hall–Kier alpha value is -2.69. The lowest BCUT2D eigenvalue weighted by Crippen LogP contribution is -2.15. The molecule has 0 bridgehead atoms. The van der Waals surface area contributed by atoms with E-state index in [1.165, 1.54) is 6.07 Å². The monoisotopic (exact) mass is 282 g/mol. The summed E-state index contributed by atoms with van der Waals surface area (Å²) < 4.78 is 0. The summed E-state index contributed by atoms with van der Waals surface area (Å²) in [5, 5.41) is 13.6. The first-order chi connectivity index (χ1) is 10.2. The number of nitrogens with zero attached hydrogens (tertiary/aromatic N) is 1. The Labute approximate surface area is 121 Å². The molecule has 2 aromatic carbocycles. The van der Waals surface area contributed by atoms with Gasteiger partial charge in [0, 0.05) is 12.0 Å². The van der Waals surface area contributed by atoms with Crippen LogP contribution in [-0.4, -0.2) is 10.8 Å². The van der Waals surface area contributed by atoms with Gasteiger partial charge in [0.05, 0.1) is 4.92 Å². The quantitative estimate of drug-likeness (QED) is 0.690. The Morgan fingerprint density at radius 3 is 2.48 bits per heavy atom. The molecule has 0 radical (unpaired) electrons. The molecule has 21 heavy (non-hydrogen) atoms. The average molecular weight is 282 g/mol. The van der Waals surface area contributed by atoms with Crippen LogP contribution in [0.15, 0.2) is 54.6 Å². The van der Waals surface area contributed by atoms with Gasteiger partial charge in [0.2, 0.25) is 5.91 Å². The van der Waals surface area contributed by atoms with E-state index in [0.717, 1.165) is 12.0 Å². The molecule has 0 heterocycles. The summed E-state index contributed by atoms with van der Waals surface area (Å²) in [4.78, 5) is 22.6. The van der Waals surface area contributed by atoms with Gasteiger partial charge < -0.3 is 5.32 Å². The van der Waals surface area contributed by atoms with E-state index >= 15 is 0 Å². The number of nitro benzene ring substituents is 1. The van der Waals surface area contributed by atoms with Gasteiger partial charge in [0.15, 0.2) is 0 Å². The maximum Gasteiger partial charge on any atom is 0.292 e. The zero-order chi connectivity index (χ0) is 14.8. The number of anilines is 1. The van der Waals surface area contributed by atoms with Gasteiger partial charge in [-0.25, -0.2) is 0 Å². The van der Waals surface area contributed by atoms with Gasteiger partial charge in [0.25, 0.3) is 5.69 Å². The van der Waals surface area contributed by atoms with Crippen molar-refractivity contribution < 1.29 is 9.72 Å². The molecule has 0 saturated heterocycles. The molecule has 1 amide bonds. The lowest BCUT2D eigenvalue weighted by Gasteiger charge is -2.05. The standard InChI is InChI=1S/C16H14N2O3/c19-16(13-10-12(13)11-6-2-1-3-7-11)17-14-8-4-5-9-15(14)18(20)21/h1-9,12-13H,10H2,(H,17,19). The number of nitro groups is 1. The first kappa shape index (κ1) is 13.3. The smallest absolute Gasteiger partial charge is 0.292 e. The second-order valence-corrected chi connectivity index (χ2v) is 5.12. The number of carbonyl (C=O) groups excluding carboxylic acids is 1. The third-order valence-electron chi connectivity index (χ3n) is 3.71. The average Bonchev–Trinajstić information content (AvgIpc) is 3.29. The second kappa shape index (κ2) is 5.36. The van der Waals surface area contributed by atoms with Crippen molar-refractivity contribution in [1.29, 1.82) is 0 Å². The zero-order valence-electron chi connectivity index (χ0n) is 11.2. The minimum atomic E-state index is -0.489. The van der Waals surface area contributed by atoms with Crippen LogP contribution in [0.4, 0.5) is 11.4 Å². The molecule has 2 aromatic rings. The molecule has 2 unspecified atom stereocenters. The fraction of sp³-hybridized carbons (Fsp3) is 0.188. The SMILES string of the molecule is O=C(Nc1ccccc1[N+](=O)[O-])C1CC1c1ccccc1. The molecular weight excluding hydrogens is 268 g/mol. The van der Waals surface area contributed by atoms with E-state index in [9.17, 15) is 14.9 Å². The highest BCUT2D eigenvalue weighted by molar-refractivity contribution is 5.97. The Morgan fingerprint density at radius 2 is 1.76 bits per heavy atom. The fourth-order valence-electron chi connectivity index (χ4n) is 2.52. The summed E-state index contributed by atoms with van der Waals surface area (Å²) in [7, 11) is 0. The van der Waals surface area contributed by atoms with Gasteiger partial charge in [-0.2, -0.15) is 0 Å². The van der Waals surface area contributed by atoms with Crippen molar-refractivity contribution in [2.24, 2.45) is 5.92 Å². The highest BCUT2D eigenvalue weighted by Crippen LogP contribution is 2.48. The topological polar surface area (TPSA) is 72.2 Å². The highest BCUT2D eigenvalue weighted by Gasteiger charge is 2.44. The van der Waals surface area contributed by atoms with Crippen molar-refractivity contribution >= 4 is 17.3 Å². The van der Waals surface area contributed by atoms with Crippen molar-refractivity contribution in [3.8, 4) is 0 Å². The number of rotatable bonds is 4. The summed E-state index contributed by atoms with van der Waals surface area (Å²) in [6.45, 7) is 0. The highest BCUT2D eigenvalue weighted by atomic mass is 16.6. The van der Waals surface area contributed by atoms with Crippen LogP contribution in [0.3, 0.4) is 0 Å². The van der Waals surface area contributed by atoms with E-state index in [1.807, 2.05) is 30.3 Å². The van der Waals surface area contributed by atoms with Crippen molar-refractivity contribution in [1.82, 2.24) is 0 Å². The van der Waals surface area contributed by atoms with E-state index in [0.29, 0.717) is 0 Å². The van der Waals surface area contributed by atoms with Gasteiger partial charge in [-0.3, -0.25) is 14.9 Å². The maximum absolute atomic E-state index is 12.2. The minimum Gasteiger partial charge on any atom is -0.320 e. The van der Waals surface area contributed by atoms with Crippen LogP contribution in [0, 0.1) is 16.0 Å². The number of benzene rings is 2. The predicted octanol–water partition coefficient (Wildman–Crippen LogP) is 3.34. The third-order valence-corrected chi connectivity index (χ3v) is 3.71. The molecule has 0 aliphatic heterocycles. The molecule has 5 nitrogen and oxygen atoms in total. The maximum atomic E-state index is 12.2. The molecule has 5 heteroatoms. The molecule has 1 aliphatic rings. The van der Waals surface area contributed by atoms with Gasteiger partial charge in [-0.05, 0) is 24.0 Å². The predicted molar refractivity (Wildman–Crippen MR) is 79.0 cm³/mol. The van der Waals surface area contributed by atoms with Gasteiger partial charge >= 0.3 is 0 Å². The normalized spacial score (nSPS) is 19.8. The molecular formula is C16H14N2O3. The fourth-order valence-corrected chi connectivity index (χ4v) is 2.52. The van der Waals surface area contributed by atoms with Crippen LogP contribution in [0.5, 0.6) is 0 Å². The zero-order valence-corrected chi connectivity index (χ0v) is 11.2. The summed E-state index contributed by atoms with van der Waals surface area (Å²) >= 11 is 0. The molecule has 2 atom stereocenters. The first-order valence-corrected chi connectivity index (χ1v) is 6.76. The van der Waals surface area contributed by atoms with Crippen molar-refractivity contribution in [3.05, 3.63) is 70.3 Å². The summed E-state index contributed by atoms with van der Waals surface area (Å²) in [6.07, 6.45) is 0.788. The van der Waals surface area contributed by atoms with Crippen LogP contribution >= 0.6 is 0 Å². The van der Waals surface area contributed by atoms with Gasteiger partial charge in [-0.15, -0.1) is 0 Å². The number of hydrogen-bond acceptors (Lipinski definition) is 3. The van der Waals surface area contributed by atoms with E-state index in [2.05, 4.69) is 5.32 Å². The minimum absolute atomic E-state index is 0.0808. The lowest BCUT2D eigenvalue weighted by atomic mass is 10.1. The second-order valence-electron chi connectivity index (χ2n) is 5.12. The summed E-state index contributed by atoms with van der Waals surface area (Å²) in [6, 6.07) is 16.0. The molecule has 3 rings (SSSR count). The van der Waals surface area contributed by atoms with Crippen molar-refractivity contribution in [3.63, 3.8) is 0 Å². The molecule has 106 valence electrons. The van der Waals surface area contributed by atoms with Crippen LogP contribution in [0.2, 0.25) is 0 Å². The van der Waals surface area contributed by atoms with Gasteiger partial charge in [0.1, 0.15) is 5.69 Å². The molecule has 1 aliphatic carbocycles. The Balaban J connectivity index is 1.70. The van der Waals surface area contributed by atoms with Crippen LogP contribution in [0.1, 0.15) is 17.9 Å². The summed E-state index contributed by atoms with van der Waals surface area (Å²) in [5.74, 6) is -0.0423. The number of carbonyl (C=O) groups is 1. The molecule has 1 saturated carbocycles. The van der Waals surface area contributed by atoms with Crippen molar-refractivity contribution in [2.45, 2.75) is 12.3 Å². The van der Waals surface area contributed by atoms with E-state index < -0.39 is 4.92 Å². The van der Waals surface area contributed by atoms with E-state index in [1.54, 1.807) is 18.2 Å². The Bertz CT molecular complexity index is 685. The Morgan fingerprint density at radius 1 is 1.10 bits per heavy atom. The molecule has 1 N–H and O–H groups in total. The largest absolute Gasteiger partial charge is 0.320 e. The number of amides is 1. The molecule has 0 spiro atoms. The van der Waals surface area contributed by atoms with Crippen LogP contribution < -0.4 is 5.32 Å². The summed E-state index contributed by atoms with van der Waals surface area (Å²) in [5.41, 5.74) is 1.31. The number of nitrogens with one attached hydrogen (secondary N) is 1. The van der Waals surface area contributed by atoms with Gasteiger partial charge in [-0.1, -0.05) is 42.5 Å². The first-order valence-electron chi connectivity index (χ1n) is 6.76.